The summed E-state index contributed by atoms with van der Waals surface area (Å²) in [6.07, 6.45) is 4.08. The lowest BCUT2D eigenvalue weighted by Gasteiger charge is -2.17. The molecule has 0 atom stereocenters. The zero-order valence-corrected chi connectivity index (χ0v) is 15.3. The Morgan fingerprint density at radius 2 is 1.96 bits per heavy atom. The average molecular weight is 366 g/mol. The molecule has 1 N–H and O–H groups in total. The number of nitrogens with zero attached hydrogens (tertiary/aromatic N) is 3. The van der Waals surface area contributed by atoms with Crippen molar-refractivity contribution in [3.63, 3.8) is 0 Å². The van der Waals surface area contributed by atoms with E-state index in [-0.39, 0.29) is 11.7 Å². The van der Waals surface area contributed by atoms with Crippen LogP contribution >= 0.6 is 0 Å². The van der Waals surface area contributed by atoms with Gasteiger partial charge in [0.25, 0.3) is 0 Å². The summed E-state index contributed by atoms with van der Waals surface area (Å²) in [6, 6.07) is 16.2. The van der Waals surface area contributed by atoms with Crippen molar-refractivity contribution in [1.29, 1.82) is 0 Å². The topological polar surface area (TPSA) is 50.2 Å². The molecule has 0 aliphatic carbocycles. The Labute approximate surface area is 158 Å². The molecule has 0 saturated carbocycles. The van der Waals surface area contributed by atoms with Crippen molar-refractivity contribution in [2.24, 2.45) is 0 Å². The summed E-state index contributed by atoms with van der Waals surface area (Å²) < 4.78 is 14.7. The van der Waals surface area contributed by atoms with Gasteiger partial charge in [0.2, 0.25) is 5.91 Å². The molecular formula is C21H23FN4O. The Kier molecular flexibility index (Phi) is 6.33. The zero-order valence-electron chi connectivity index (χ0n) is 15.3. The van der Waals surface area contributed by atoms with Crippen LogP contribution < -0.4 is 5.32 Å². The number of nitrogens with one attached hydrogen (secondary N) is 1. The van der Waals surface area contributed by atoms with Crippen LogP contribution in [0.2, 0.25) is 0 Å². The van der Waals surface area contributed by atoms with E-state index in [1.54, 1.807) is 18.3 Å². The van der Waals surface area contributed by atoms with Gasteiger partial charge in [-0.25, -0.2) is 9.07 Å². The monoisotopic (exact) mass is 366 g/mol. The van der Waals surface area contributed by atoms with Crippen molar-refractivity contribution in [1.82, 2.24) is 20.0 Å². The molecule has 0 radical (unpaired) electrons. The van der Waals surface area contributed by atoms with Gasteiger partial charge in [-0.15, -0.1) is 0 Å². The zero-order chi connectivity index (χ0) is 19.1. The minimum atomic E-state index is -0.275. The summed E-state index contributed by atoms with van der Waals surface area (Å²) in [7, 11) is 1.99. The van der Waals surface area contributed by atoms with Gasteiger partial charge in [0.15, 0.2) is 0 Å². The molecule has 0 aliphatic rings. The number of hydrogen-bond donors (Lipinski definition) is 1. The first-order valence-corrected chi connectivity index (χ1v) is 8.89. The summed E-state index contributed by atoms with van der Waals surface area (Å²) in [5.74, 6) is -0.292. The maximum atomic E-state index is 12.9. The maximum Gasteiger partial charge on any atom is 0.221 e. The highest BCUT2D eigenvalue weighted by molar-refractivity contribution is 5.76. The smallest absolute Gasteiger partial charge is 0.221 e. The molecule has 3 rings (SSSR count). The largest absolute Gasteiger partial charge is 0.352 e. The fourth-order valence-corrected chi connectivity index (χ4v) is 2.79. The van der Waals surface area contributed by atoms with Crippen LogP contribution in [0.3, 0.4) is 0 Å². The van der Waals surface area contributed by atoms with Crippen molar-refractivity contribution in [2.45, 2.75) is 19.5 Å². The van der Waals surface area contributed by atoms with E-state index in [1.165, 1.54) is 12.1 Å². The minimum absolute atomic E-state index is 0.0172. The van der Waals surface area contributed by atoms with Crippen LogP contribution in [0, 0.1) is 5.82 Å². The molecule has 3 aromatic rings. The third kappa shape index (κ3) is 5.76. The predicted molar refractivity (Wildman–Crippen MR) is 103 cm³/mol. The van der Waals surface area contributed by atoms with Crippen molar-refractivity contribution < 1.29 is 9.18 Å². The number of halogens is 1. The number of carbonyl (C=O) groups excluding carboxylic acids is 1. The Hall–Kier alpha value is -2.99. The molecule has 6 heteroatoms. The van der Waals surface area contributed by atoms with Gasteiger partial charge in [0, 0.05) is 38.4 Å². The normalized spacial score (nSPS) is 10.9. The number of benzene rings is 2. The molecule has 27 heavy (non-hydrogen) atoms. The number of aromatic nitrogens is 2. The molecule has 0 fully saturated rings. The van der Waals surface area contributed by atoms with Crippen molar-refractivity contribution in [2.75, 3.05) is 13.6 Å². The molecule has 0 unspecified atom stereocenters. The summed E-state index contributed by atoms with van der Waals surface area (Å²) >= 11 is 0. The Balaban J connectivity index is 1.44. The van der Waals surface area contributed by atoms with Gasteiger partial charge >= 0.3 is 0 Å². The van der Waals surface area contributed by atoms with E-state index in [0.717, 1.165) is 23.4 Å². The highest BCUT2D eigenvalue weighted by atomic mass is 19.1. The van der Waals surface area contributed by atoms with Crippen LogP contribution in [0.4, 0.5) is 4.39 Å². The fourth-order valence-electron chi connectivity index (χ4n) is 2.79. The quantitative estimate of drug-likeness (QED) is 0.666. The van der Waals surface area contributed by atoms with Gasteiger partial charge in [-0.2, -0.15) is 5.10 Å². The fraction of sp³-hybridized carbons (Fsp3) is 0.238. The highest BCUT2D eigenvalue weighted by Crippen LogP contribution is 2.11. The molecule has 140 valence electrons. The van der Waals surface area contributed by atoms with Crippen LogP contribution in [0.1, 0.15) is 17.5 Å². The first-order chi connectivity index (χ1) is 13.1. The van der Waals surface area contributed by atoms with E-state index in [9.17, 15) is 9.18 Å². The Morgan fingerprint density at radius 1 is 1.15 bits per heavy atom. The Morgan fingerprint density at radius 3 is 2.70 bits per heavy atom. The second-order valence-electron chi connectivity index (χ2n) is 6.51. The number of hydrogen-bond acceptors (Lipinski definition) is 3. The van der Waals surface area contributed by atoms with Crippen LogP contribution in [0.25, 0.3) is 5.69 Å². The number of amides is 1. The summed E-state index contributed by atoms with van der Waals surface area (Å²) in [5.41, 5.74) is 3.06. The molecular weight excluding hydrogens is 343 g/mol. The van der Waals surface area contributed by atoms with Crippen molar-refractivity contribution in [3.05, 3.63) is 83.9 Å². The van der Waals surface area contributed by atoms with Crippen molar-refractivity contribution >= 4 is 5.91 Å². The SMILES string of the molecule is CN(CCC(=O)NCc1ccc(F)cc1)Cc1cccc(-n2cccn2)c1. The van der Waals surface area contributed by atoms with E-state index >= 15 is 0 Å². The highest BCUT2D eigenvalue weighted by Gasteiger charge is 2.07. The lowest BCUT2D eigenvalue weighted by molar-refractivity contribution is -0.121. The molecule has 0 aliphatic heterocycles. The lowest BCUT2D eigenvalue weighted by Crippen LogP contribution is -2.28. The van der Waals surface area contributed by atoms with Gasteiger partial charge in [0.05, 0.1) is 5.69 Å². The van der Waals surface area contributed by atoms with E-state index in [2.05, 4.69) is 27.4 Å². The third-order valence-electron chi connectivity index (χ3n) is 4.26. The van der Waals surface area contributed by atoms with E-state index < -0.39 is 0 Å². The Bertz CT molecular complexity index is 862. The van der Waals surface area contributed by atoms with Crippen LogP contribution in [-0.2, 0) is 17.9 Å². The summed E-state index contributed by atoms with van der Waals surface area (Å²) in [6.45, 7) is 1.82. The molecule has 1 heterocycles. The molecule has 1 amide bonds. The summed E-state index contributed by atoms with van der Waals surface area (Å²) in [4.78, 5) is 14.1. The molecule has 2 aromatic carbocycles. The standard InChI is InChI=1S/C21H23FN4O/c1-25(13-10-21(27)23-15-17-6-8-19(22)9-7-17)16-18-4-2-5-20(14-18)26-12-3-11-24-26/h2-9,11-12,14H,10,13,15-16H2,1H3,(H,23,27). The molecule has 0 spiro atoms. The van der Waals surface area contributed by atoms with E-state index in [0.29, 0.717) is 19.5 Å². The molecule has 1 aromatic heterocycles. The number of carbonyl (C=O) groups is 1. The first kappa shape index (κ1) is 18.8. The van der Waals surface area contributed by atoms with Crippen LogP contribution in [-0.4, -0.2) is 34.2 Å². The van der Waals surface area contributed by atoms with Crippen LogP contribution in [0.5, 0.6) is 0 Å². The lowest BCUT2D eigenvalue weighted by atomic mass is 10.2. The minimum Gasteiger partial charge on any atom is -0.352 e. The van der Waals surface area contributed by atoms with Gasteiger partial charge in [0.1, 0.15) is 5.82 Å². The molecule has 5 nitrogen and oxygen atoms in total. The molecule has 0 bridgehead atoms. The second kappa shape index (κ2) is 9.09. The third-order valence-corrected chi connectivity index (χ3v) is 4.26. The predicted octanol–water partition coefficient (Wildman–Crippen LogP) is 3.15. The number of rotatable bonds is 8. The average Bonchev–Trinajstić information content (AvgIpc) is 3.21. The first-order valence-electron chi connectivity index (χ1n) is 8.89. The maximum absolute atomic E-state index is 12.9. The summed E-state index contributed by atoms with van der Waals surface area (Å²) in [5, 5.41) is 7.11. The van der Waals surface area contributed by atoms with Crippen LogP contribution in [0.15, 0.2) is 67.0 Å². The van der Waals surface area contributed by atoms with E-state index in [1.807, 2.05) is 36.1 Å². The van der Waals surface area contributed by atoms with Gasteiger partial charge in [-0.3, -0.25) is 4.79 Å². The van der Waals surface area contributed by atoms with E-state index in [4.69, 9.17) is 0 Å². The van der Waals surface area contributed by atoms with Gasteiger partial charge in [-0.05, 0) is 48.5 Å². The van der Waals surface area contributed by atoms with Gasteiger partial charge in [-0.1, -0.05) is 24.3 Å². The second-order valence-corrected chi connectivity index (χ2v) is 6.51. The van der Waals surface area contributed by atoms with Crippen molar-refractivity contribution in [3.8, 4) is 5.69 Å². The van der Waals surface area contributed by atoms with Gasteiger partial charge < -0.3 is 10.2 Å². The molecule has 0 saturated heterocycles.